The lowest BCUT2D eigenvalue weighted by Crippen LogP contribution is -2.31. The number of hydrogen-bond donors (Lipinski definition) is 1. The fourth-order valence-electron chi connectivity index (χ4n) is 2.96. The van der Waals surface area contributed by atoms with Crippen LogP contribution in [-0.4, -0.2) is 55.2 Å². The minimum Gasteiger partial charge on any atom is -0.459 e. The highest BCUT2D eigenvalue weighted by atomic mass is 35.5. The van der Waals surface area contributed by atoms with Crippen molar-refractivity contribution in [1.82, 2.24) is 0 Å². The van der Waals surface area contributed by atoms with Crippen molar-refractivity contribution in [2.24, 2.45) is 0 Å². The van der Waals surface area contributed by atoms with E-state index in [9.17, 15) is 14.7 Å². The molecular formula is C23H31ClO8. The Balaban J connectivity index is 1.78. The van der Waals surface area contributed by atoms with Crippen molar-refractivity contribution in [1.29, 1.82) is 0 Å². The number of aliphatic hydroxyl groups excluding tert-OH is 1. The number of hydrogen-bond acceptors (Lipinski definition) is 8. The highest BCUT2D eigenvalue weighted by Crippen LogP contribution is 2.34. The van der Waals surface area contributed by atoms with Crippen LogP contribution in [-0.2, 0) is 28.5 Å². The van der Waals surface area contributed by atoms with E-state index in [1.807, 2.05) is 6.92 Å². The summed E-state index contributed by atoms with van der Waals surface area (Å²) in [5.41, 5.74) is 1.05. The van der Waals surface area contributed by atoms with Gasteiger partial charge in [0, 0.05) is 11.1 Å². The van der Waals surface area contributed by atoms with E-state index >= 15 is 0 Å². The van der Waals surface area contributed by atoms with Gasteiger partial charge in [0.1, 0.15) is 25.1 Å². The summed E-state index contributed by atoms with van der Waals surface area (Å²) in [6.45, 7) is 8.51. The van der Waals surface area contributed by atoms with E-state index in [-0.39, 0.29) is 36.2 Å². The molecule has 1 aliphatic heterocycles. The van der Waals surface area contributed by atoms with Gasteiger partial charge in [0.2, 0.25) is 0 Å². The molecule has 1 heterocycles. The molecule has 1 aromatic carbocycles. The van der Waals surface area contributed by atoms with Gasteiger partial charge < -0.3 is 28.8 Å². The molecule has 0 aromatic heterocycles. The van der Waals surface area contributed by atoms with Crippen molar-refractivity contribution >= 4 is 23.5 Å². The van der Waals surface area contributed by atoms with E-state index in [4.69, 9.17) is 35.3 Å². The van der Waals surface area contributed by atoms with Crippen LogP contribution >= 0.6 is 11.6 Å². The average Bonchev–Trinajstić information content (AvgIpc) is 2.77. The molecule has 9 heteroatoms. The van der Waals surface area contributed by atoms with E-state index < -0.39 is 30.9 Å². The van der Waals surface area contributed by atoms with Crippen LogP contribution in [0.15, 0.2) is 30.4 Å². The number of aliphatic hydroxyl groups is 1. The molecule has 4 unspecified atom stereocenters. The van der Waals surface area contributed by atoms with Crippen molar-refractivity contribution in [3.63, 3.8) is 0 Å². The Morgan fingerprint density at radius 2 is 2.03 bits per heavy atom. The molecule has 0 spiro atoms. The van der Waals surface area contributed by atoms with E-state index in [0.717, 1.165) is 18.4 Å². The van der Waals surface area contributed by atoms with Crippen molar-refractivity contribution in [2.45, 2.75) is 64.6 Å². The van der Waals surface area contributed by atoms with E-state index in [1.54, 1.807) is 25.1 Å². The minimum absolute atomic E-state index is 0.0662. The van der Waals surface area contributed by atoms with Crippen LogP contribution in [0, 0.1) is 0 Å². The van der Waals surface area contributed by atoms with Gasteiger partial charge in [0.05, 0.1) is 23.8 Å². The molecule has 1 aromatic rings. The molecule has 4 atom stereocenters. The Bertz CT molecular complexity index is 796. The van der Waals surface area contributed by atoms with E-state index in [1.165, 1.54) is 0 Å². The zero-order valence-electron chi connectivity index (χ0n) is 18.7. The molecular weight excluding hydrogens is 440 g/mol. The Morgan fingerprint density at radius 3 is 2.69 bits per heavy atom. The number of rotatable bonds is 11. The number of halogens is 1. The first-order chi connectivity index (χ1) is 15.2. The smallest absolute Gasteiger partial charge is 0.337 e. The van der Waals surface area contributed by atoms with Gasteiger partial charge in [-0.05, 0) is 38.3 Å². The second-order valence-electron chi connectivity index (χ2n) is 7.57. The molecule has 0 bridgehead atoms. The number of ether oxygens (including phenoxy) is 5. The summed E-state index contributed by atoms with van der Waals surface area (Å²) < 4.78 is 27.0. The minimum atomic E-state index is -1.08. The first-order valence-electron chi connectivity index (χ1n) is 10.6. The fourth-order valence-corrected chi connectivity index (χ4v) is 3.19. The largest absolute Gasteiger partial charge is 0.459 e. The lowest BCUT2D eigenvalue weighted by molar-refractivity contribution is -0.243. The molecule has 1 saturated heterocycles. The summed E-state index contributed by atoms with van der Waals surface area (Å²) in [6.07, 6.45) is 0.752. The summed E-state index contributed by atoms with van der Waals surface area (Å²) in [4.78, 5) is 23.5. The van der Waals surface area contributed by atoms with Crippen LogP contribution in [0.2, 0.25) is 5.02 Å². The third-order valence-corrected chi connectivity index (χ3v) is 5.12. The SMILES string of the molecule is C=C(CC)C(=O)OCC(O)COCC(=O)Oc1ccc(C2OC(C)CC(CC)O2)cc1Cl. The Morgan fingerprint density at radius 1 is 1.28 bits per heavy atom. The predicted octanol–water partition coefficient (Wildman–Crippen LogP) is 3.73. The number of benzene rings is 1. The van der Waals surface area contributed by atoms with Crippen molar-refractivity contribution in [2.75, 3.05) is 19.8 Å². The number of carbonyl (C=O) groups is 2. The maximum Gasteiger partial charge on any atom is 0.337 e. The Labute approximate surface area is 193 Å². The molecule has 0 aliphatic carbocycles. The molecule has 178 valence electrons. The highest BCUT2D eigenvalue weighted by molar-refractivity contribution is 6.32. The summed E-state index contributed by atoms with van der Waals surface area (Å²) in [5.74, 6) is -1.09. The van der Waals surface area contributed by atoms with Crippen LogP contribution < -0.4 is 4.74 Å². The van der Waals surface area contributed by atoms with Crippen LogP contribution in [0.25, 0.3) is 0 Å². The highest BCUT2D eigenvalue weighted by Gasteiger charge is 2.28. The summed E-state index contributed by atoms with van der Waals surface area (Å²) in [5, 5.41) is 10.0. The van der Waals surface area contributed by atoms with Crippen LogP contribution in [0.4, 0.5) is 0 Å². The third kappa shape index (κ3) is 8.18. The van der Waals surface area contributed by atoms with Gasteiger partial charge in [-0.15, -0.1) is 0 Å². The summed E-state index contributed by atoms with van der Waals surface area (Å²) >= 11 is 6.27. The first-order valence-corrected chi connectivity index (χ1v) is 11.0. The maximum atomic E-state index is 12.0. The monoisotopic (exact) mass is 470 g/mol. The number of carbonyl (C=O) groups excluding carboxylic acids is 2. The molecule has 8 nitrogen and oxygen atoms in total. The second-order valence-corrected chi connectivity index (χ2v) is 7.98. The predicted molar refractivity (Wildman–Crippen MR) is 117 cm³/mol. The normalized spacial score (nSPS) is 21.6. The van der Waals surface area contributed by atoms with Crippen LogP contribution in [0.1, 0.15) is 51.9 Å². The lowest BCUT2D eigenvalue weighted by Gasteiger charge is -2.34. The quantitative estimate of drug-likeness (QED) is 0.296. The molecule has 32 heavy (non-hydrogen) atoms. The Hall–Kier alpha value is -1.97. The standard InChI is InChI=1S/C23H31ClO8/c1-5-14(3)22(27)29-12-17(25)11-28-13-21(26)32-20-8-7-16(10-19(20)24)23-30-15(4)9-18(6-2)31-23/h7-8,10,15,17-18,23,25H,3,5-6,9,11-13H2,1-2,4H3. The van der Waals surface area contributed by atoms with E-state index in [2.05, 4.69) is 13.5 Å². The zero-order chi connectivity index (χ0) is 23.7. The average molecular weight is 471 g/mol. The Kier molecular flexibility index (Phi) is 10.6. The molecule has 2 rings (SSSR count). The number of esters is 2. The van der Waals surface area contributed by atoms with Gasteiger partial charge in [-0.3, -0.25) is 0 Å². The van der Waals surface area contributed by atoms with Gasteiger partial charge in [0.25, 0.3) is 0 Å². The lowest BCUT2D eigenvalue weighted by atomic mass is 10.1. The van der Waals surface area contributed by atoms with E-state index in [0.29, 0.717) is 12.0 Å². The molecule has 1 N–H and O–H groups in total. The molecule has 1 aliphatic rings. The molecule has 0 saturated carbocycles. The molecule has 0 amide bonds. The van der Waals surface area contributed by atoms with Crippen molar-refractivity contribution in [3.05, 3.63) is 40.9 Å². The van der Waals surface area contributed by atoms with Crippen LogP contribution in [0.3, 0.4) is 0 Å². The van der Waals surface area contributed by atoms with Crippen molar-refractivity contribution < 1.29 is 38.4 Å². The fraction of sp³-hybridized carbons (Fsp3) is 0.565. The molecule has 1 fully saturated rings. The van der Waals surface area contributed by atoms with Gasteiger partial charge in [-0.1, -0.05) is 38.1 Å². The summed E-state index contributed by atoms with van der Waals surface area (Å²) in [7, 11) is 0. The van der Waals surface area contributed by atoms with Crippen LogP contribution in [0.5, 0.6) is 5.75 Å². The summed E-state index contributed by atoms with van der Waals surface area (Å²) in [6, 6.07) is 4.94. The second kappa shape index (κ2) is 12.9. The van der Waals surface area contributed by atoms with Gasteiger partial charge in [0.15, 0.2) is 6.29 Å². The van der Waals surface area contributed by atoms with Gasteiger partial charge in [-0.25, -0.2) is 9.59 Å². The maximum absolute atomic E-state index is 12.0. The van der Waals surface area contributed by atoms with Crippen molar-refractivity contribution in [3.8, 4) is 5.75 Å². The van der Waals surface area contributed by atoms with Gasteiger partial charge >= 0.3 is 11.9 Å². The topological polar surface area (TPSA) is 101 Å². The first kappa shape index (κ1) is 26.3. The molecule has 0 radical (unpaired) electrons. The zero-order valence-corrected chi connectivity index (χ0v) is 19.4. The third-order valence-electron chi connectivity index (χ3n) is 4.83. The van der Waals surface area contributed by atoms with Gasteiger partial charge in [-0.2, -0.15) is 0 Å².